The van der Waals surface area contributed by atoms with Gasteiger partial charge in [0.05, 0.1) is 35.4 Å². The molecule has 0 N–H and O–H groups in total. The van der Waals surface area contributed by atoms with Crippen LogP contribution in [0.5, 0.6) is 0 Å². The van der Waals surface area contributed by atoms with E-state index in [1.54, 1.807) is 18.5 Å². The molecule has 0 aliphatic heterocycles. The number of methoxy groups -OCH3 is 1. The number of aromatic nitrogens is 6. The number of ether oxygens (including phenoxy) is 1. The van der Waals surface area contributed by atoms with Crippen molar-refractivity contribution in [2.45, 2.75) is 27.2 Å². The van der Waals surface area contributed by atoms with Crippen molar-refractivity contribution in [2.24, 2.45) is 7.05 Å². The Labute approximate surface area is 180 Å². The third-order valence-corrected chi connectivity index (χ3v) is 5.25. The van der Waals surface area contributed by atoms with Crippen molar-refractivity contribution in [2.75, 3.05) is 7.11 Å². The van der Waals surface area contributed by atoms with Gasteiger partial charge in [-0.3, -0.25) is 4.68 Å². The third kappa shape index (κ3) is 3.96. The molecule has 0 bridgehead atoms. The summed E-state index contributed by atoms with van der Waals surface area (Å²) in [6.45, 7) is 6.01. The summed E-state index contributed by atoms with van der Waals surface area (Å²) in [6.07, 6.45) is 2.14. The Hall–Kier alpha value is -3.81. The van der Waals surface area contributed by atoms with Gasteiger partial charge in [0.1, 0.15) is 6.33 Å². The molecule has 0 fully saturated rings. The second-order valence-corrected chi connectivity index (χ2v) is 7.50. The molecule has 158 valence electrons. The molecule has 8 nitrogen and oxygen atoms in total. The lowest BCUT2D eigenvalue weighted by atomic mass is 10.0. The van der Waals surface area contributed by atoms with E-state index in [2.05, 4.69) is 22.0 Å². The van der Waals surface area contributed by atoms with Gasteiger partial charge >= 0.3 is 5.97 Å². The van der Waals surface area contributed by atoms with E-state index in [9.17, 15) is 4.79 Å². The average molecular weight is 416 g/mol. The van der Waals surface area contributed by atoms with E-state index >= 15 is 0 Å². The molecule has 1 aromatic carbocycles. The number of carbonyl (C=O) groups excluding carboxylic acids is 1. The minimum absolute atomic E-state index is 0.351. The van der Waals surface area contributed by atoms with E-state index in [1.165, 1.54) is 7.11 Å². The average Bonchev–Trinajstić information content (AvgIpc) is 3.24. The van der Waals surface area contributed by atoms with Gasteiger partial charge in [-0.2, -0.15) is 10.2 Å². The van der Waals surface area contributed by atoms with Gasteiger partial charge in [0, 0.05) is 30.8 Å². The van der Waals surface area contributed by atoms with E-state index < -0.39 is 0 Å². The van der Waals surface area contributed by atoms with Crippen LogP contribution < -0.4 is 0 Å². The van der Waals surface area contributed by atoms with Gasteiger partial charge in [-0.25, -0.2) is 19.4 Å². The summed E-state index contributed by atoms with van der Waals surface area (Å²) in [4.78, 5) is 20.5. The normalized spacial score (nSPS) is 11.0. The highest BCUT2D eigenvalue weighted by Crippen LogP contribution is 2.27. The Kier molecular flexibility index (Phi) is 5.37. The SMILES string of the molecule is COC(=O)c1ccc(-c2c(C)c(Cc3cc(-n4nc(C)cc4C)ncn3)nn2C)cc1. The van der Waals surface area contributed by atoms with Gasteiger partial charge < -0.3 is 4.74 Å². The first-order valence-electron chi connectivity index (χ1n) is 9.93. The fourth-order valence-corrected chi connectivity index (χ4v) is 3.77. The number of hydrogen-bond acceptors (Lipinski definition) is 6. The molecule has 0 saturated heterocycles. The topological polar surface area (TPSA) is 87.7 Å². The summed E-state index contributed by atoms with van der Waals surface area (Å²) in [5.41, 5.74) is 7.34. The van der Waals surface area contributed by atoms with E-state index in [4.69, 9.17) is 9.84 Å². The summed E-state index contributed by atoms with van der Waals surface area (Å²) < 4.78 is 8.46. The number of carbonyl (C=O) groups is 1. The largest absolute Gasteiger partial charge is 0.465 e. The molecular weight excluding hydrogens is 392 g/mol. The highest BCUT2D eigenvalue weighted by atomic mass is 16.5. The lowest BCUT2D eigenvalue weighted by Gasteiger charge is -2.06. The Morgan fingerprint density at radius 1 is 1.03 bits per heavy atom. The Morgan fingerprint density at radius 3 is 2.42 bits per heavy atom. The highest BCUT2D eigenvalue weighted by Gasteiger charge is 2.16. The molecule has 31 heavy (non-hydrogen) atoms. The molecule has 0 aliphatic carbocycles. The van der Waals surface area contributed by atoms with Crippen LogP contribution in [0.4, 0.5) is 0 Å². The van der Waals surface area contributed by atoms with Crippen LogP contribution in [0.25, 0.3) is 17.1 Å². The zero-order valence-corrected chi connectivity index (χ0v) is 18.2. The first kappa shape index (κ1) is 20.5. The van der Waals surface area contributed by atoms with Gasteiger partial charge in [0.2, 0.25) is 0 Å². The molecule has 8 heteroatoms. The molecule has 4 aromatic rings. The summed E-state index contributed by atoms with van der Waals surface area (Å²) in [6, 6.07) is 11.3. The van der Waals surface area contributed by atoms with Crippen LogP contribution in [0, 0.1) is 20.8 Å². The number of rotatable bonds is 5. The summed E-state index contributed by atoms with van der Waals surface area (Å²) in [5.74, 6) is 0.388. The summed E-state index contributed by atoms with van der Waals surface area (Å²) >= 11 is 0. The summed E-state index contributed by atoms with van der Waals surface area (Å²) in [5, 5.41) is 9.23. The highest BCUT2D eigenvalue weighted by molar-refractivity contribution is 5.90. The van der Waals surface area contributed by atoms with Crippen molar-refractivity contribution < 1.29 is 9.53 Å². The van der Waals surface area contributed by atoms with Crippen LogP contribution in [-0.4, -0.2) is 42.6 Å². The fourth-order valence-electron chi connectivity index (χ4n) is 3.77. The van der Waals surface area contributed by atoms with Crippen molar-refractivity contribution >= 4 is 5.97 Å². The minimum Gasteiger partial charge on any atom is -0.465 e. The first-order chi connectivity index (χ1) is 14.9. The van der Waals surface area contributed by atoms with Crippen LogP contribution in [0.3, 0.4) is 0 Å². The van der Waals surface area contributed by atoms with Crippen molar-refractivity contribution in [1.29, 1.82) is 0 Å². The molecule has 0 amide bonds. The quantitative estimate of drug-likeness (QED) is 0.464. The second kappa shape index (κ2) is 8.14. The number of nitrogens with zero attached hydrogens (tertiary/aromatic N) is 6. The van der Waals surface area contributed by atoms with Crippen LogP contribution in [0.15, 0.2) is 42.7 Å². The smallest absolute Gasteiger partial charge is 0.337 e. The third-order valence-electron chi connectivity index (χ3n) is 5.25. The van der Waals surface area contributed by atoms with Crippen molar-refractivity contribution in [3.05, 3.63) is 76.6 Å². The van der Waals surface area contributed by atoms with Crippen LogP contribution in [-0.2, 0) is 18.2 Å². The van der Waals surface area contributed by atoms with Gasteiger partial charge in [0.15, 0.2) is 5.82 Å². The number of hydrogen-bond donors (Lipinski definition) is 0. The molecule has 0 atom stereocenters. The number of esters is 1. The molecule has 0 aliphatic rings. The molecule has 3 heterocycles. The predicted molar refractivity (Wildman–Crippen MR) is 116 cm³/mol. The standard InChI is InChI=1S/C23H24N6O2/c1-14-10-15(2)29(26-14)21-12-19(24-13-25-21)11-20-16(3)22(28(4)27-20)17-6-8-18(9-7-17)23(30)31-5/h6-10,12-13H,11H2,1-5H3. The first-order valence-corrected chi connectivity index (χ1v) is 9.93. The zero-order chi connectivity index (χ0) is 22.1. The van der Waals surface area contributed by atoms with Crippen LogP contribution >= 0.6 is 0 Å². The van der Waals surface area contributed by atoms with E-state index in [0.717, 1.165) is 45.4 Å². The second-order valence-electron chi connectivity index (χ2n) is 7.50. The van der Waals surface area contributed by atoms with Gasteiger partial charge in [-0.1, -0.05) is 12.1 Å². The van der Waals surface area contributed by atoms with Crippen molar-refractivity contribution in [1.82, 2.24) is 29.5 Å². The maximum atomic E-state index is 11.7. The van der Waals surface area contributed by atoms with E-state index in [-0.39, 0.29) is 5.97 Å². The molecule has 4 rings (SSSR count). The monoisotopic (exact) mass is 416 g/mol. The Balaban J connectivity index is 1.63. The number of benzene rings is 1. The van der Waals surface area contributed by atoms with Crippen LogP contribution in [0.1, 0.15) is 38.7 Å². The van der Waals surface area contributed by atoms with E-state index in [1.807, 2.05) is 54.5 Å². The van der Waals surface area contributed by atoms with Gasteiger partial charge in [-0.05, 0) is 44.5 Å². The van der Waals surface area contributed by atoms with Gasteiger partial charge in [-0.15, -0.1) is 0 Å². The lowest BCUT2D eigenvalue weighted by Crippen LogP contribution is -2.05. The molecule has 0 unspecified atom stereocenters. The Bertz CT molecular complexity index is 1250. The van der Waals surface area contributed by atoms with Crippen LogP contribution in [0.2, 0.25) is 0 Å². The molecule has 0 spiro atoms. The minimum atomic E-state index is -0.351. The maximum absolute atomic E-state index is 11.7. The zero-order valence-electron chi connectivity index (χ0n) is 18.2. The molecule has 0 radical (unpaired) electrons. The Morgan fingerprint density at radius 2 is 1.77 bits per heavy atom. The summed E-state index contributed by atoms with van der Waals surface area (Å²) in [7, 11) is 3.29. The maximum Gasteiger partial charge on any atom is 0.337 e. The lowest BCUT2D eigenvalue weighted by molar-refractivity contribution is 0.0601. The van der Waals surface area contributed by atoms with Crippen molar-refractivity contribution in [3.8, 4) is 17.1 Å². The molecule has 3 aromatic heterocycles. The molecular formula is C23H24N6O2. The fraction of sp³-hybridized carbons (Fsp3) is 0.261. The molecule has 0 saturated carbocycles. The van der Waals surface area contributed by atoms with Gasteiger partial charge in [0.25, 0.3) is 0 Å². The number of aryl methyl sites for hydroxylation is 3. The predicted octanol–water partition coefficient (Wildman–Crippen LogP) is 3.37. The van der Waals surface area contributed by atoms with E-state index in [0.29, 0.717) is 12.0 Å². The van der Waals surface area contributed by atoms with Crippen molar-refractivity contribution in [3.63, 3.8) is 0 Å².